The van der Waals surface area contributed by atoms with Gasteiger partial charge in [-0.15, -0.1) is 0 Å². The minimum atomic E-state index is 0.0219. The van der Waals surface area contributed by atoms with Gasteiger partial charge < -0.3 is 0 Å². The Morgan fingerprint density at radius 1 is 1.12 bits per heavy atom. The van der Waals surface area contributed by atoms with E-state index in [1.54, 1.807) is 5.01 Å². The number of hydrogen-bond donors (Lipinski definition) is 1. The van der Waals surface area contributed by atoms with Gasteiger partial charge in [0.05, 0.1) is 0 Å². The molecule has 0 bridgehead atoms. The van der Waals surface area contributed by atoms with Crippen LogP contribution in [0.1, 0.15) is 43.6 Å². The summed E-state index contributed by atoms with van der Waals surface area (Å²) in [7, 11) is 0. The topological polar surface area (TPSA) is 32.3 Å². The predicted octanol–water partition coefficient (Wildman–Crippen LogP) is 2.76. The average Bonchev–Trinajstić information content (AvgIpc) is 2.25. The molecular weight excluding hydrogens is 212 g/mol. The molecule has 0 unspecified atom stereocenters. The van der Waals surface area contributed by atoms with E-state index in [1.165, 1.54) is 0 Å². The Hall–Kier alpha value is -1.35. The second-order valence-electron chi connectivity index (χ2n) is 4.92. The van der Waals surface area contributed by atoms with Crippen LogP contribution in [0.15, 0.2) is 24.3 Å². The maximum absolute atomic E-state index is 12.3. The summed E-state index contributed by atoms with van der Waals surface area (Å²) in [6, 6.07) is 8.03. The fraction of sp³-hybridized carbons (Fsp3) is 0.500. The number of amides is 1. The second-order valence-corrected chi connectivity index (χ2v) is 4.92. The molecule has 0 fully saturated rings. The first-order valence-corrected chi connectivity index (χ1v) is 6.08. The number of rotatable bonds is 4. The third-order valence-corrected chi connectivity index (χ3v) is 2.43. The quantitative estimate of drug-likeness (QED) is 0.812. The summed E-state index contributed by atoms with van der Waals surface area (Å²) in [4.78, 5) is 12.3. The molecule has 17 heavy (non-hydrogen) atoms. The summed E-state index contributed by atoms with van der Waals surface area (Å²) in [5, 5.41) is 1.69. The molecule has 0 spiro atoms. The summed E-state index contributed by atoms with van der Waals surface area (Å²) in [6.07, 6.45) is 0. The fourth-order valence-corrected chi connectivity index (χ4v) is 1.56. The van der Waals surface area contributed by atoms with Crippen molar-refractivity contribution in [1.82, 2.24) is 10.4 Å². The molecule has 0 heterocycles. The molecule has 0 aliphatic heterocycles. The van der Waals surface area contributed by atoms with E-state index >= 15 is 0 Å². The van der Waals surface area contributed by atoms with Crippen LogP contribution in [0, 0.1) is 6.92 Å². The Balaban J connectivity index is 2.88. The Kier molecular flexibility index (Phi) is 4.70. The van der Waals surface area contributed by atoms with E-state index in [2.05, 4.69) is 5.43 Å². The van der Waals surface area contributed by atoms with Gasteiger partial charge in [0.15, 0.2) is 0 Å². The standard InChI is InChI=1S/C14H22N2O/c1-10(2)15-16(11(3)4)14(17)13-8-6-12(5)7-9-13/h6-11,15H,1-5H3. The van der Waals surface area contributed by atoms with Crippen molar-refractivity contribution in [3.05, 3.63) is 35.4 Å². The zero-order valence-electron chi connectivity index (χ0n) is 11.3. The first-order valence-electron chi connectivity index (χ1n) is 6.08. The number of aryl methyl sites for hydroxylation is 1. The Labute approximate surface area is 104 Å². The molecular formula is C14H22N2O. The molecule has 1 aromatic carbocycles. The molecule has 0 aromatic heterocycles. The highest BCUT2D eigenvalue weighted by Crippen LogP contribution is 2.08. The van der Waals surface area contributed by atoms with E-state index in [4.69, 9.17) is 0 Å². The number of nitrogens with zero attached hydrogens (tertiary/aromatic N) is 1. The lowest BCUT2D eigenvalue weighted by Crippen LogP contribution is -2.50. The van der Waals surface area contributed by atoms with E-state index in [9.17, 15) is 4.79 Å². The third-order valence-electron chi connectivity index (χ3n) is 2.43. The predicted molar refractivity (Wildman–Crippen MR) is 70.8 cm³/mol. The van der Waals surface area contributed by atoms with Crippen molar-refractivity contribution in [2.75, 3.05) is 0 Å². The number of hydrazine groups is 1. The van der Waals surface area contributed by atoms with Crippen molar-refractivity contribution in [3.63, 3.8) is 0 Å². The summed E-state index contributed by atoms with van der Waals surface area (Å²) in [5.74, 6) is 0.0219. The Morgan fingerprint density at radius 2 is 1.65 bits per heavy atom. The largest absolute Gasteiger partial charge is 0.271 e. The van der Waals surface area contributed by atoms with Crippen molar-refractivity contribution in [2.45, 2.75) is 46.7 Å². The van der Waals surface area contributed by atoms with Gasteiger partial charge in [0.2, 0.25) is 0 Å². The fourth-order valence-electron chi connectivity index (χ4n) is 1.56. The molecule has 0 atom stereocenters. The smallest absolute Gasteiger partial charge is 0.268 e. The van der Waals surface area contributed by atoms with Gasteiger partial charge in [-0.25, -0.2) is 5.43 Å². The van der Waals surface area contributed by atoms with Crippen LogP contribution in [-0.2, 0) is 0 Å². The highest BCUT2D eigenvalue weighted by molar-refractivity contribution is 5.94. The molecule has 3 nitrogen and oxygen atoms in total. The van der Waals surface area contributed by atoms with Gasteiger partial charge in [-0.05, 0) is 46.8 Å². The van der Waals surface area contributed by atoms with E-state index in [0.717, 1.165) is 11.1 Å². The highest BCUT2D eigenvalue weighted by Gasteiger charge is 2.19. The second kappa shape index (κ2) is 5.82. The van der Waals surface area contributed by atoms with Crippen molar-refractivity contribution in [1.29, 1.82) is 0 Å². The minimum absolute atomic E-state index is 0.0219. The van der Waals surface area contributed by atoms with Gasteiger partial charge in [-0.1, -0.05) is 17.7 Å². The first-order chi connectivity index (χ1) is 7.91. The number of benzene rings is 1. The van der Waals surface area contributed by atoms with Crippen LogP contribution < -0.4 is 5.43 Å². The molecule has 1 N–H and O–H groups in total. The normalized spacial score (nSPS) is 11.0. The van der Waals surface area contributed by atoms with Crippen molar-refractivity contribution in [3.8, 4) is 0 Å². The van der Waals surface area contributed by atoms with Crippen molar-refractivity contribution >= 4 is 5.91 Å². The van der Waals surface area contributed by atoms with Crippen LogP contribution in [-0.4, -0.2) is 23.0 Å². The average molecular weight is 234 g/mol. The number of hydrogen-bond acceptors (Lipinski definition) is 2. The maximum atomic E-state index is 12.3. The molecule has 0 radical (unpaired) electrons. The summed E-state index contributed by atoms with van der Waals surface area (Å²) in [5.41, 5.74) is 5.06. The minimum Gasteiger partial charge on any atom is -0.271 e. The Morgan fingerprint density at radius 3 is 2.06 bits per heavy atom. The van der Waals surface area contributed by atoms with Crippen LogP contribution >= 0.6 is 0 Å². The van der Waals surface area contributed by atoms with Crippen molar-refractivity contribution in [2.24, 2.45) is 0 Å². The maximum Gasteiger partial charge on any atom is 0.268 e. The van der Waals surface area contributed by atoms with Crippen LogP contribution in [0.3, 0.4) is 0 Å². The molecule has 0 aliphatic rings. The van der Waals surface area contributed by atoms with Gasteiger partial charge >= 0.3 is 0 Å². The van der Waals surface area contributed by atoms with Gasteiger partial charge in [-0.2, -0.15) is 0 Å². The van der Waals surface area contributed by atoms with E-state index in [0.29, 0.717) is 0 Å². The first kappa shape index (κ1) is 13.7. The lowest BCUT2D eigenvalue weighted by atomic mass is 10.1. The van der Waals surface area contributed by atoms with Gasteiger partial charge in [0.25, 0.3) is 5.91 Å². The summed E-state index contributed by atoms with van der Waals surface area (Å²) < 4.78 is 0. The van der Waals surface area contributed by atoms with Gasteiger partial charge in [0, 0.05) is 17.6 Å². The number of nitrogens with one attached hydrogen (secondary N) is 1. The van der Waals surface area contributed by atoms with Crippen LogP contribution in [0.2, 0.25) is 0 Å². The van der Waals surface area contributed by atoms with Crippen LogP contribution in [0.25, 0.3) is 0 Å². The molecule has 0 saturated carbocycles. The molecule has 1 amide bonds. The SMILES string of the molecule is Cc1ccc(C(=O)N(NC(C)C)C(C)C)cc1. The number of carbonyl (C=O) groups is 1. The Bertz CT molecular complexity index is 368. The molecule has 94 valence electrons. The summed E-state index contributed by atoms with van der Waals surface area (Å²) in [6.45, 7) is 10.1. The molecule has 1 aromatic rings. The lowest BCUT2D eigenvalue weighted by Gasteiger charge is -2.29. The van der Waals surface area contributed by atoms with E-state index in [-0.39, 0.29) is 18.0 Å². The molecule has 3 heteroatoms. The third kappa shape index (κ3) is 3.86. The summed E-state index contributed by atoms with van der Waals surface area (Å²) >= 11 is 0. The molecule has 0 aliphatic carbocycles. The van der Waals surface area contributed by atoms with Gasteiger partial charge in [-0.3, -0.25) is 9.80 Å². The van der Waals surface area contributed by atoms with E-state index in [1.807, 2.05) is 58.9 Å². The van der Waals surface area contributed by atoms with Crippen molar-refractivity contribution < 1.29 is 4.79 Å². The molecule has 1 rings (SSSR count). The monoisotopic (exact) mass is 234 g/mol. The van der Waals surface area contributed by atoms with Gasteiger partial charge in [0.1, 0.15) is 0 Å². The molecule has 0 saturated heterocycles. The zero-order chi connectivity index (χ0) is 13.0. The number of carbonyl (C=O) groups excluding carboxylic acids is 1. The lowest BCUT2D eigenvalue weighted by molar-refractivity contribution is 0.0550. The highest BCUT2D eigenvalue weighted by atomic mass is 16.2. The van der Waals surface area contributed by atoms with Crippen LogP contribution in [0.5, 0.6) is 0 Å². The zero-order valence-corrected chi connectivity index (χ0v) is 11.3. The van der Waals surface area contributed by atoms with Crippen LogP contribution in [0.4, 0.5) is 0 Å². The van der Waals surface area contributed by atoms with E-state index < -0.39 is 0 Å².